The number of ether oxygens (including phenoxy) is 2. The highest BCUT2D eigenvalue weighted by atomic mass is 35.5. The van der Waals surface area contributed by atoms with Crippen LogP contribution in [0.15, 0.2) is 18.2 Å². The van der Waals surface area contributed by atoms with Gasteiger partial charge in [0.05, 0.1) is 22.3 Å². The van der Waals surface area contributed by atoms with Crippen LogP contribution in [-0.2, 0) is 4.74 Å². The maximum absolute atomic E-state index is 10.1. The third kappa shape index (κ3) is 5.01. The Bertz CT molecular complexity index is 442. The summed E-state index contributed by atoms with van der Waals surface area (Å²) in [4.78, 5) is 2.18. The maximum atomic E-state index is 10.1. The molecule has 118 valence electrons. The van der Waals surface area contributed by atoms with Crippen LogP contribution in [0, 0.1) is 0 Å². The van der Waals surface area contributed by atoms with Gasteiger partial charge < -0.3 is 14.6 Å². The molecule has 1 saturated heterocycles. The van der Waals surface area contributed by atoms with Gasteiger partial charge in [0.25, 0.3) is 0 Å². The first kappa shape index (κ1) is 16.8. The minimum absolute atomic E-state index is 0.156. The Hall–Kier alpha value is -0.520. The molecule has 1 heterocycles. The summed E-state index contributed by atoms with van der Waals surface area (Å²) in [5.41, 5.74) is 0. The fourth-order valence-corrected chi connectivity index (χ4v) is 3.09. The van der Waals surface area contributed by atoms with Crippen LogP contribution in [0.25, 0.3) is 0 Å². The molecule has 21 heavy (non-hydrogen) atoms. The van der Waals surface area contributed by atoms with Crippen molar-refractivity contribution >= 4 is 23.2 Å². The van der Waals surface area contributed by atoms with Crippen molar-refractivity contribution in [2.75, 3.05) is 26.2 Å². The molecule has 0 bridgehead atoms. The van der Waals surface area contributed by atoms with E-state index >= 15 is 0 Å². The standard InChI is InChI=1S/C15H21Cl2NO3/c1-10-6-18(7-11(2)21-10)8-12(19)9-20-15-13(16)4-3-5-14(15)17/h3-5,10-12,19H,6-9H2,1-2H3. The molecule has 1 aliphatic heterocycles. The van der Waals surface area contributed by atoms with Gasteiger partial charge in [-0.1, -0.05) is 29.3 Å². The molecule has 0 aliphatic carbocycles. The zero-order chi connectivity index (χ0) is 15.4. The number of benzene rings is 1. The fourth-order valence-electron chi connectivity index (χ4n) is 2.58. The molecule has 6 heteroatoms. The van der Waals surface area contributed by atoms with Gasteiger partial charge in [-0.3, -0.25) is 4.90 Å². The number of β-amino-alcohol motifs (C(OH)–C–C–N with tert-alkyl or cyclic N) is 1. The molecule has 0 spiro atoms. The number of rotatable bonds is 5. The third-order valence-electron chi connectivity index (χ3n) is 3.30. The second-order valence-electron chi connectivity index (χ2n) is 5.49. The number of para-hydroxylation sites is 1. The van der Waals surface area contributed by atoms with Crippen LogP contribution in [0.2, 0.25) is 10.0 Å². The van der Waals surface area contributed by atoms with Crippen LogP contribution >= 0.6 is 23.2 Å². The fraction of sp³-hybridized carbons (Fsp3) is 0.600. The second-order valence-corrected chi connectivity index (χ2v) is 6.31. The summed E-state index contributed by atoms with van der Waals surface area (Å²) >= 11 is 12.1. The number of hydrogen-bond donors (Lipinski definition) is 1. The Morgan fingerprint density at radius 2 is 1.86 bits per heavy atom. The average Bonchev–Trinajstić information content (AvgIpc) is 2.36. The van der Waals surface area contributed by atoms with Gasteiger partial charge in [0, 0.05) is 19.6 Å². The number of nitrogens with zero attached hydrogens (tertiary/aromatic N) is 1. The lowest BCUT2D eigenvalue weighted by atomic mass is 10.2. The van der Waals surface area contributed by atoms with E-state index in [1.807, 2.05) is 13.8 Å². The van der Waals surface area contributed by atoms with Gasteiger partial charge in [-0.05, 0) is 26.0 Å². The van der Waals surface area contributed by atoms with Gasteiger partial charge in [-0.2, -0.15) is 0 Å². The first-order chi connectivity index (χ1) is 9.95. The molecule has 1 fully saturated rings. The molecule has 1 N–H and O–H groups in total. The zero-order valence-electron chi connectivity index (χ0n) is 12.3. The van der Waals surface area contributed by atoms with Crippen molar-refractivity contribution in [3.63, 3.8) is 0 Å². The summed E-state index contributed by atoms with van der Waals surface area (Å²) in [6.45, 7) is 6.40. The molecular formula is C15H21Cl2NO3. The molecule has 0 saturated carbocycles. The van der Waals surface area contributed by atoms with Crippen molar-refractivity contribution < 1.29 is 14.6 Å². The van der Waals surface area contributed by atoms with E-state index in [0.717, 1.165) is 13.1 Å². The number of halogens is 2. The third-order valence-corrected chi connectivity index (χ3v) is 3.90. The largest absolute Gasteiger partial charge is 0.488 e. The highest BCUT2D eigenvalue weighted by molar-refractivity contribution is 6.37. The lowest BCUT2D eigenvalue weighted by molar-refractivity contribution is -0.0786. The molecule has 3 unspecified atom stereocenters. The van der Waals surface area contributed by atoms with Gasteiger partial charge in [0.2, 0.25) is 0 Å². The molecule has 3 atom stereocenters. The Morgan fingerprint density at radius 3 is 2.43 bits per heavy atom. The van der Waals surface area contributed by atoms with E-state index in [1.54, 1.807) is 18.2 Å². The predicted octanol–water partition coefficient (Wildman–Crippen LogP) is 2.84. The first-order valence-corrected chi connectivity index (χ1v) is 7.84. The normalized spacial score (nSPS) is 24.8. The van der Waals surface area contributed by atoms with Gasteiger partial charge in [0.1, 0.15) is 12.7 Å². The summed E-state index contributed by atoms with van der Waals surface area (Å²) in [6, 6.07) is 5.17. The van der Waals surface area contributed by atoms with E-state index in [1.165, 1.54) is 0 Å². The predicted molar refractivity (Wildman–Crippen MR) is 84.4 cm³/mol. The number of hydrogen-bond acceptors (Lipinski definition) is 4. The van der Waals surface area contributed by atoms with Crippen molar-refractivity contribution in [2.24, 2.45) is 0 Å². The van der Waals surface area contributed by atoms with Crippen molar-refractivity contribution in [1.82, 2.24) is 4.90 Å². The second kappa shape index (κ2) is 7.65. The van der Waals surface area contributed by atoms with Crippen molar-refractivity contribution in [2.45, 2.75) is 32.2 Å². The quantitative estimate of drug-likeness (QED) is 0.899. The topological polar surface area (TPSA) is 41.9 Å². The number of aliphatic hydroxyl groups excluding tert-OH is 1. The minimum Gasteiger partial charge on any atom is -0.488 e. The number of morpholine rings is 1. The molecule has 0 aromatic heterocycles. The monoisotopic (exact) mass is 333 g/mol. The highest BCUT2D eigenvalue weighted by Gasteiger charge is 2.24. The van der Waals surface area contributed by atoms with Crippen LogP contribution in [0.4, 0.5) is 0 Å². The maximum Gasteiger partial charge on any atom is 0.156 e. The van der Waals surface area contributed by atoms with Gasteiger partial charge in [-0.25, -0.2) is 0 Å². The van der Waals surface area contributed by atoms with Gasteiger partial charge in [-0.15, -0.1) is 0 Å². The van der Waals surface area contributed by atoms with Crippen LogP contribution in [-0.4, -0.2) is 54.6 Å². The SMILES string of the molecule is CC1CN(CC(O)COc2c(Cl)cccc2Cl)CC(C)O1. The molecule has 2 rings (SSSR count). The van der Waals surface area contributed by atoms with Crippen LogP contribution < -0.4 is 4.74 Å². The van der Waals surface area contributed by atoms with E-state index in [0.29, 0.717) is 22.3 Å². The first-order valence-electron chi connectivity index (χ1n) is 7.08. The smallest absolute Gasteiger partial charge is 0.156 e. The average molecular weight is 334 g/mol. The minimum atomic E-state index is -0.602. The summed E-state index contributed by atoms with van der Waals surface area (Å²) in [6.07, 6.45) is -0.241. The molecular weight excluding hydrogens is 313 g/mol. The Balaban J connectivity index is 1.83. The van der Waals surface area contributed by atoms with Gasteiger partial charge in [0.15, 0.2) is 5.75 Å². The Labute approximate surface area is 135 Å². The highest BCUT2D eigenvalue weighted by Crippen LogP contribution is 2.32. The molecule has 1 aliphatic rings. The summed E-state index contributed by atoms with van der Waals surface area (Å²) in [7, 11) is 0. The van der Waals surface area contributed by atoms with Crippen molar-refractivity contribution in [3.8, 4) is 5.75 Å². The van der Waals surface area contributed by atoms with Crippen LogP contribution in [0.3, 0.4) is 0 Å². The molecule has 0 radical (unpaired) electrons. The zero-order valence-corrected chi connectivity index (χ0v) is 13.8. The lowest BCUT2D eigenvalue weighted by Gasteiger charge is -2.36. The Morgan fingerprint density at radius 1 is 1.29 bits per heavy atom. The van der Waals surface area contributed by atoms with E-state index in [4.69, 9.17) is 32.7 Å². The van der Waals surface area contributed by atoms with Crippen LogP contribution in [0.5, 0.6) is 5.75 Å². The molecule has 0 amide bonds. The lowest BCUT2D eigenvalue weighted by Crippen LogP contribution is -2.48. The molecule has 1 aromatic rings. The van der Waals surface area contributed by atoms with E-state index in [9.17, 15) is 5.11 Å². The van der Waals surface area contributed by atoms with Crippen molar-refractivity contribution in [3.05, 3.63) is 28.2 Å². The number of aliphatic hydroxyl groups is 1. The Kier molecular flexibility index (Phi) is 6.14. The van der Waals surface area contributed by atoms with E-state index in [-0.39, 0.29) is 18.8 Å². The summed E-state index contributed by atoms with van der Waals surface area (Å²) in [5.74, 6) is 0.420. The van der Waals surface area contributed by atoms with E-state index < -0.39 is 6.10 Å². The van der Waals surface area contributed by atoms with Gasteiger partial charge >= 0.3 is 0 Å². The molecule has 1 aromatic carbocycles. The van der Waals surface area contributed by atoms with Crippen LogP contribution in [0.1, 0.15) is 13.8 Å². The molecule has 4 nitrogen and oxygen atoms in total. The van der Waals surface area contributed by atoms with E-state index in [2.05, 4.69) is 4.90 Å². The summed E-state index contributed by atoms with van der Waals surface area (Å²) < 4.78 is 11.2. The van der Waals surface area contributed by atoms with Crippen molar-refractivity contribution in [1.29, 1.82) is 0 Å². The summed E-state index contributed by atoms with van der Waals surface area (Å²) in [5, 5.41) is 11.0.